The SMILES string of the molecule is CCCc1cc(C(=O)N2CCC(C(=O)O)(c3ccccc3)CC2)sc1C. The van der Waals surface area contributed by atoms with E-state index in [-0.39, 0.29) is 5.91 Å². The Kier molecular flexibility index (Phi) is 5.47. The van der Waals surface area contributed by atoms with Gasteiger partial charge in [0.15, 0.2) is 0 Å². The maximum atomic E-state index is 12.9. The third-order valence-electron chi connectivity index (χ3n) is 5.39. The highest BCUT2D eigenvalue weighted by atomic mass is 32.1. The minimum atomic E-state index is -0.892. The zero-order valence-corrected chi connectivity index (χ0v) is 16.1. The summed E-state index contributed by atoms with van der Waals surface area (Å²) in [4.78, 5) is 28.7. The molecule has 1 N–H and O–H groups in total. The quantitative estimate of drug-likeness (QED) is 0.854. The minimum Gasteiger partial charge on any atom is -0.481 e. The number of amides is 1. The van der Waals surface area contributed by atoms with Crippen LogP contribution >= 0.6 is 11.3 Å². The molecule has 1 aromatic heterocycles. The van der Waals surface area contributed by atoms with Crippen LogP contribution in [-0.4, -0.2) is 35.0 Å². The Bertz CT molecular complexity index is 789. The van der Waals surface area contributed by atoms with Crippen LogP contribution in [0.2, 0.25) is 0 Å². The lowest BCUT2D eigenvalue weighted by molar-refractivity contribution is -0.145. The van der Waals surface area contributed by atoms with Crippen LogP contribution in [0.4, 0.5) is 0 Å². The predicted octanol–water partition coefficient (Wildman–Crippen LogP) is 4.27. The second-order valence-electron chi connectivity index (χ2n) is 6.99. The van der Waals surface area contributed by atoms with E-state index < -0.39 is 11.4 Å². The molecule has 0 unspecified atom stereocenters. The second kappa shape index (κ2) is 7.62. The summed E-state index contributed by atoms with van der Waals surface area (Å²) in [5, 5.41) is 9.88. The summed E-state index contributed by atoms with van der Waals surface area (Å²) >= 11 is 1.55. The van der Waals surface area contributed by atoms with E-state index in [0.29, 0.717) is 25.9 Å². The normalized spacial score (nSPS) is 16.5. The molecule has 0 saturated carbocycles. The lowest BCUT2D eigenvalue weighted by atomic mass is 9.73. The largest absolute Gasteiger partial charge is 0.481 e. The maximum absolute atomic E-state index is 12.9. The van der Waals surface area contributed by atoms with Crippen molar-refractivity contribution in [2.75, 3.05) is 13.1 Å². The number of nitrogens with zero attached hydrogens (tertiary/aromatic N) is 1. The van der Waals surface area contributed by atoms with Crippen molar-refractivity contribution in [3.8, 4) is 0 Å². The third kappa shape index (κ3) is 3.40. The Morgan fingerprint density at radius 3 is 2.42 bits per heavy atom. The van der Waals surface area contributed by atoms with Gasteiger partial charge in [-0.05, 0) is 43.4 Å². The lowest BCUT2D eigenvalue weighted by Crippen LogP contribution is -2.49. The van der Waals surface area contributed by atoms with Crippen molar-refractivity contribution in [1.29, 1.82) is 0 Å². The first-order valence-electron chi connectivity index (χ1n) is 9.15. The van der Waals surface area contributed by atoms with Crippen LogP contribution in [0.15, 0.2) is 36.4 Å². The Hall–Kier alpha value is -2.14. The number of rotatable bonds is 5. The molecule has 26 heavy (non-hydrogen) atoms. The summed E-state index contributed by atoms with van der Waals surface area (Å²) in [5.74, 6) is -0.763. The molecule has 5 heteroatoms. The first kappa shape index (κ1) is 18.6. The van der Waals surface area contributed by atoms with E-state index in [0.717, 1.165) is 23.3 Å². The van der Waals surface area contributed by atoms with Crippen LogP contribution in [-0.2, 0) is 16.6 Å². The van der Waals surface area contributed by atoms with Gasteiger partial charge in [-0.25, -0.2) is 0 Å². The predicted molar refractivity (Wildman–Crippen MR) is 104 cm³/mol. The van der Waals surface area contributed by atoms with Gasteiger partial charge in [-0.1, -0.05) is 43.7 Å². The molecule has 138 valence electrons. The molecule has 3 rings (SSSR count). The maximum Gasteiger partial charge on any atom is 0.314 e. The molecule has 1 aromatic carbocycles. The smallest absolute Gasteiger partial charge is 0.314 e. The zero-order valence-electron chi connectivity index (χ0n) is 15.3. The molecule has 4 nitrogen and oxygen atoms in total. The van der Waals surface area contributed by atoms with Crippen LogP contribution in [0, 0.1) is 6.92 Å². The number of hydrogen-bond acceptors (Lipinski definition) is 3. The molecule has 0 bridgehead atoms. The Balaban J connectivity index is 1.76. The fourth-order valence-electron chi connectivity index (χ4n) is 3.77. The van der Waals surface area contributed by atoms with Crippen molar-refractivity contribution in [3.63, 3.8) is 0 Å². The van der Waals surface area contributed by atoms with Crippen LogP contribution < -0.4 is 0 Å². The summed E-state index contributed by atoms with van der Waals surface area (Å²) in [6.07, 6.45) is 2.95. The highest BCUT2D eigenvalue weighted by Gasteiger charge is 2.44. The molecule has 1 saturated heterocycles. The number of hydrogen-bond donors (Lipinski definition) is 1. The molecule has 1 aliphatic rings. The third-order valence-corrected chi connectivity index (χ3v) is 6.47. The van der Waals surface area contributed by atoms with E-state index in [4.69, 9.17) is 0 Å². The Morgan fingerprint density at radius 2 is 1.85 bits per heavy atom. The average Bonchev–Trinajstić information content (AvgIpc) is 3.03. The average molecular weight is 372 g/mol. The minimum absolute atomic E-state index is 0.0347. The van der Waals surface area contributed by atoms with Crippen LogP contribution in [0.5, 0.6) is 0 Å². The molecule has 1 aliphatic heterocycles. The van der Waals surface area contributed by atoms with Gasteiger partial charge in [0.1, 0.15) is 0 Å². The molecule has 2 heterocycles. The number of likely N-dealkylation sites (tertiary alicyclic amines) is 1. The van der Waals surface area contributed by atoms with Crippen LogP contribution in [0.25, 0.3) is 0 Å². The van der Waals surface area contributed by atoms with Gasteiger partial charge in [0.2, 0.25) is 0 Å². The monoisotopic (exact) mass is 371 g/mol. The summed E-state index contributed by atoms with van der Waals surface area (Å²) in [6, 6.07) is 11.4. The number of carbonyl (C=O) groups is 2. The molecule has 0 radical (unpaired) electrons. The van der Waals surface area contributed by atoms with E-state index in [9.17, 15) is 14.7 Å². The fourth-order valence-corrected chi connectivity index (χ4v) is 4.81. The van der Waals surface area contributed by atoms with Crippen LogP contribution in [0.1, 0.15) is 51.9 Å². The molecule has 0 atom stereocenters. The zero-order chi connectivity index (χ0) is 18.7. The van der Waals surface area contributed by atoms with Crippen molar-refractivity contribution in [2.24, 2.45) is 0 Å². The summed E-state index contributed by atoms with van der Waals surface area (Å²) in [7, 11) is 0. The Labute approximate surface area is 158 Å². The molecular weight excluding hydrogens is 346 g/mol. The molecule has 2 aromatic rings. The highest BCUT2D eigenvalue weighted by molar-refractivity contribution is 7.14. The van der Waals surface area contributed by atoms with Gasteiger partial charge in [0.05, 0.1) is 10.3 Å². The molecular formula is C21H25NO3S. The van der Waals surface area contributed by atoms with E-state index in [1.165, 1.54) is 10.4 Å². The lowest BCUT2D eigenvalue weighted by Gasteiger charge is -2.39. The van der Waals surface area contributed by atoms with Gasteiger partial charge in [0, 0.05) is 18.0 Å². The van der Waals surface area contributed by atoms with Crippen molar-refractivity contribution in [3.05, 3.63) is 57.3 Å². The number of aryl methyl sites for hydroxylation is 2. The van der Waals surface area contributed by atoms with E-state index in [1.54, 1.807) is 11.3 Å². The molecule has 1 fully saturated rings. The number of carboxylic acids is 1. The molecule has 1 amide bonds. The van der Waals surface area contributed by atoms with Gasteiger partial charge in [-0.2, -0.15) is 0 Å². The number of thiophene rings is 1. The number of piperidine rings is 1. The van der Waals surface area contributed by atoms with Gasteiger partial charge in [-0.15, -0.1) is 11.3 Å². The Morgan fingerprint density at radius 1 is 1.19 bits per heavy atom. The van der Waals surface area contributed by atoms with Crippen molar-refractivity contribution < 1.29 is 14.7 Å². The van der Waals surface area contributed by atoms with E-state index >= 15 is 0 Å². The summed E-state index contributed by atoms with van der Waals surface area (Å²) < 4.78 is 0. The number of carbonyl (C=O) groups excluding carboxylic acids is 1. The summed E-state index contributed by atoms with van der Waals surface area (Å²) in [5.41, 5.74) is 1.19. The number of aliphatic carboxylic acids is 1. The van der Waals surface area contributed by atoms with Gasteiger partial charge < -0.3 is 10.0 Å². The molecule has 0 aliphatic carbocycles. The standard InChI is InChI=1S/C21H25NO3S/c1-3-7-16-14-18(26-15(16)2)19(23)22-12-10-21(11-13-22,20(24)25)17-8-5-4-6-9-17/h4-6,8-9,14H,3,7,10-13H2,1-2H3,(H,24,25). The topological polar surface area (TPSA) is 57.6 Å². The van der Waals surface area contributed by atoms with Crippen molar-refractivity contribution >= 4 is 23.2 Å². The fraction of sp³-hybridized carbons (Fsp3) is 0.429. The van der Waals surface area contributed by atoms with Gasteiger partial charge >= 0.3 is 5.97 Å². The highest BCUT2D eigenvalue weighted by Crippen LogP contribution is 2.36. The van der Waals surface area contributed by atoms with E-state index in [2.05, 4.69) is 13.8 Å². The number of carboxylic acid groups (broad SMARTS) is 1. The first-order valence-corrected chi connectivity index (χ1v) is 9.97. The second-order valence-corrected chi connectivity index (χ2v) is 8.24. The summed E-state index contributed by atoms with van der Waals surface area (Å²) in [6.45, 7) is 5.14. The van der Waals surface area contributed by atoms with Crippen LogP contribution in [0.3, 0.4) is 0 Å². The van der Waals surface area contributed by atoms with E-state index in [1.807, 2.05) is 41.3 Å². The molecule has 0 spiro atoms. The number of benzene rings is 1. The van der Waals surface area contributed by atoms with Crippen molar-refractivity contribution in [1.82, 2.24) is 4.90 Å². The van der Waals surface area contributed by atoms with Gasteiger partial charge in [-0.3, -0.25) is 9.59 Å². The van der Waals surface area contributed by atoms with Gasteiger partial charge in [0.25, 0.3) is 5.91 Å². The van der Waals surface area contributed by atoms with Crippen molar-refractivity contribution in [2.45, 2.75) is 44.9 Å². The first-order chi connectivity index (χ1) is 12.5.